The molecular weight excluding hydrogens is 350 g/mol. The number of rotatable bonds is 4. The quantitative estimate of drug-likeness (QED) is 0.882. The first-order valence-corrected chi connectivity index (χ1v) is 9.67. The van der Waals surface area contributed by atoms with Crippen LogP contribution in [-0.2, 0) is 26.4 Å². The van der Waals surface area contributed by atoms with E-state index in [2.05, 4.69) is 20.2 Å². The second-order valence-corrected chi connectivity index (χ2v) is 7.50. The first-order chi connectivity index (χ1) is 12.6. The minimum absolute atomic E-state index is 0.741. The van der Waals surface area contributed by atoms with E-state index in [0.29, 0.717) is 0 Å². The highest BCUT2D eigenvalue weighted by molar-refractivity contribution is 6.30. The summed E-state index contributed by atoms with van der Waals surface area (Å²) in [6.45, 7) is 6.67. The molecule has 1 fully saturated rings. The summed E-state index contributed by atoms with van der Waals surface area (Å²) in [5.41, 5.74) is 4.67. The van der Waals surface area contributed by atoms with Crippen molar-refractivity contribution in [2.45, 2.75) is 32.7 Å². The number of anilines is 2. The Hall–Kier alpha value is -1.86. The summed E-state index contributed by atoms with van der Waals surface area (Å²) in [6, 6.07) is 0. The monoisotopic (exact) mass is 375 g/mol. The van der Waals surface area contributed by atoms with Crippen LogP contribution in [0, 0.1) is 6.92 Å². The topological polar surface area (TPSA) is 62.1 Å². The van der Waals surface area contributed by atoms with Crippen molar-refractivity contribution in [3.05, 3.63) is 27.7 Å². The maximum Gasteiger partial charge on any atom is 0.227 e. The number of aromatic nitrogens is 4. The van der Waals surface area contributed by atoms with Gasteiger partial charge in [0.2, 0.25) is 5.95 Å². The van der Waals surface area contributed by atoms with Gasteiger partial charge in [-0.25, -0.2) is 4.98 Å². The van der Waals surface area contributed by atoms with E-state index < -0.39 is 0 Å². The third-order valence-corrected chi connectivity index (χ3v) is 5.94. The lowest BCUT2D eigenvalue weighted by Crippen LogP contribution is -2.46. The van der Waals surface area contributed by atoms with Gasteiger partial charge < -0.3 is 10.2 Å². The summed E-state index contributed by atoms with van der Waals surface area (Å²) in [7, 11) is 3.84. The summed E-state index contributed by atoms with van der Waals surface area (Å²) in [6.07, 6.45) is 3.34. The van der Waals surface area contributed by atoms with Crippen molar-refractivity contribution < 1.29 is 0 Å². The van der Waals surface area contributed by atoms with Gasteiger partial charge in [-0.1, -0.05) is 11.6 Å². The van der Waals surface area contributed by atoms with Gasteiger partial charge in [0.25, 0.3) is 0 Å². The van der Waals surface area contributed by atoms with Gasteiger partial charge in [-0.3, -0.25) is 9.58 Å². The Morgan fingerprint density at radius 3 is 2.54 bits per heavy atom. The maximum absolute atomic E-state index is 6.38. The molecular formula is C18H26ClN7. The van der Waals surface area contributed by atoms with Crippen LogP contribution in [0.1, 0.15) is 28.9 Å². The largest absolute Gasteiger partial charge is 0.373 e. The molecule has 2 aromatic rings. The van der Waals surface area contributed by atoms with E-state index in [1.165, 1.54) is 17.7 Å². The Balaban J connectivity index is 1.44. The highest BCUT2D eigenvalue weighted by Crippen LogP contribution is 2.29. The molecule has 2 aliphatic rings. The molecule has 1 saturated heterocycles. The third-order valence-electron chi connectivity index (χ3n) is 5.46. The van der Waals surface area contributed by atoms with Gasteiger partial charge >= 0.3 is 0 Å². The molecule has 1 aliphatic heterocycles. The lowest BCUT2D eigenvalue weighted by Gasteiger charge is -2.35. The van der Waals surface area contributed by atoms with Crippen LogP contribution in [0.3, 0.4) is 0 Å². The van der Waals surface area contributed by atoms with Crippen LogP contribution >= 0.6 is 11.6 Å². The lowest BCUT2D eigenvalue weighted by molar-refractivity contribution is 0.248. The van der Waals surface area contributed by atoms with Crippen LogP contribution in [0.4, 0.5) is 11.8 Å². The molecule has 7 nitrogen and oxygen atoms in total. The Bertz CT molecular complexity index is 808. The van der Waals surface area contributed by atoms with E-state index in [4.69, 9.17) is 21.6 Å². The molecule has 0 saturated carbocycles. The number of nitrogens with one attached hydrogen (secondary N) is 1. The molecule has 0 radical (unpaired) electrons. The number of piperazine rings is 1. The van der Waals surface area contributed by atoms with Crippen LogP contribution in [0.15, 0.2) is 0 Å². The fraction of sp³-hybridized carbons (Fsp3) is 0.611. The van der Waals surface area contributed by atoms with Crippen LogP contribution in [0.25, 0.3) is 0 Å². The fourth-order valence-electron chi connectivity index (χ4n) is 3.95. The minimum Gasteiger partial charge on any atom is -0.373 e. The van der Waals surface area contributed by atoms with Crippen LogP contribution < -0.4 is 10.2 Å². The van der Waals surface area contributed by atoms with Gasteiger partial charge in [0.1, 0.15) is 11.0 Å². The van der Waals surface area contributed by atoms with E-state index in [1.54, 1.807) is 4.68 Å². The predicted octanol–water partition coefficient (Wildman–Crippen LogP) is 2.02. The summed E-state index contributed by atoms with van der Waals surface area (Å²) in [5.74, 6) is 1.87. The van der Waals surface area contributed by atoms with Crippen LogP contribution in [0.2, 0.25) is 5.15 Å². The zero-order chi connectivity index (χ0) is 18.3. The first-order valence-electron chi connectivity index (χ1n) is 9.29. The average molecular weight is 376 g/mol. The first kappa shape index (κ1) is 17.5. The maximum atomic E-state index is 6.38. The Kier molecular flexibility index (Phi) is 4.75. The summed E-state index contributed by atoms with van der Waals surface area (Å²) in [5, 5.41) is 8.40. The van der Waals surface area contributed by atoms with E-state index >= 15 is 0 Å². The average Bonchev–Trinajstić information content (AvgIpc) is 3.21. The van der Waals surface area contributed by atoms with Gasteiger partial charge in [-0.2, -0.15) is 10.1 Å². The molecule has 3 heterocycles. The lowest BCUT2D eigenvalue weighted by atomic mass is 10.2. The van der Waals surface area contributed by atoms with Gasteiger partial charge in [0.05, 0.1) is 11.4 Å². The molecule has 0 bridgehead atoms. The third kappa shape index (κ3) is 3.14. The molecule has 1 aliphatic carbocycles. The second kappa shape index (κ2) is 7.04. The number of hydrogen-bond acceptors (Lipinski definition) is 6. The molecule has 2 aromatic heterocycles. The van der Waals surface area contributed by atoms with Crippen molar-refractivity contribution >= 4 is 23.4 Å². The molecule has 0 aromatic carbocycles. The van der Waals surface area contributed by atoms with Crippen molar-refractivity contribution in [2.24, 2.45) is 7.05 Å². The zero-order valence-corrected chi connectivity index (χ0v) is 16.5. The molecule has 4 rings (SSSR count). The molecule has 140 valence electrons. The van der Waals surface area contributed by atoms with Crippen LogP contribution in [-0.4, -0.2) is 57.9 Å². The van der Waals surface area contributed by atoms with Gasteiger partial charge in [0.15, 0.2) is 0 Å². The second-order valence-electron chi connectivity index (χ2n) is 7.14. The van der Waals surface area contributed by atoms with Gasteiger partial charge in [0, 0.05) is 57.9 Å². The SMILES string of the molecule is CNc1nc(N2CCN(Cc3c(C)nn(C)c3Cl)CC2)nc2c1CCC2. The van der Waals surface area contributed by atoms with E-state index in [0.717, 1.165) is 73.7 Å². The van der Waals surface area contributed by atoms with Crippen LogP contribution in [0.5, 0.6) is 0 Å². The fourth-order valence-corrected chi connectivity index (χ4v) is 4.19. The Labute approximate surface area is 159 Å². The molecule has 1 N–H and O–H groups in total. The zero-order valence-electron chi connectivity index (χ0n) is 15.7. The molecule has 0 spiro atoms. The van der Waals surface area contributed by atoms with Crippen molar-refractivity contribution in [3.8, 4) is 0 Å². The molecule has 0 amide bonds. The number of hydrogen-bond donors (Lipinski definition) is 1. The van der Waals surface area contributed by atoms with Crippen molar-refractivity contribution in [1.29, 1.82) is 0 Å². The molecule has 0 unspecified atom stereocenters. The van der Waals surface area contributed by atoms with Gasteiger partial charge in [-0.15, -0.1) is 0 Å². The molecule has 26 heavy (non-hydrogen) atoms. The molecule has 8 heteroatoms. The number of halogens is 1. The van der Waals surface area contributed by atoms with E-state index in [-0.39, 0.29) is 0 Å². The minimum atomic E-state index is 0.741. The molecule has 0 atom stereocenters. The Morgan fingerprint density at radius 1 is 1.12 bits per heavy atom. The predicted molar refractivity (Wildman–Crippen MR) is 104 cm³/mol. The van der Waals surface area contributed by atoms with Crippen molar-refractivity contribution in [2.75, 3.05) is 43.4 Å². The number of nitrogens with zero attached hydrogens (tertiary/aromatic N) is 6. The van der Waals surface area contributed by atoms with Crippen molar-refractivity contribution in [1.82, 2.24) is 24.6 Å². The van der Waals surface area contributed by atoms with Crippen molar-refractivity contribution in [3.63, 3.8) is 0 Å². The van der Waals surface area contributed by atoms with Gasteiger partial charge in [-0.05, 0) is 26.2 Å². The van der Waals surface area contributed by atoms with E-state index in [9.17, 15) is 0 Å². The summed E-state index contributed by atoms with van der Waals surface area (Å²) < 4.78 is 1.75. The summed E-state index contributed by atoms with van der Waals surface area (Å²) in [4.78, 5) is 14.4. The normalized spacial score (nSPS) is 17.6. The standard InChI is InChI=1S/C18H26ClN7/c1-12-14(16(19)24(3)23-12)11-25-7-9-26(10-8-25)18-21-15-6-4-5-13(15)17(20-2)22-18/h4-11H2,1-3H3,(H,20,21,22). The smallest absolute Gasteiger partial charge is 0.227 e. The highest BCUT2D eigenvalue weighted by atomic mass is 35.5. The van der Waals surface area contributed by atoms with E-state index in [1.807, 2.05) is 21.0 Å². The summed E-state index contributed by atoms with van der Waals surface area (Å²) >= 11 is 6.38. The number of fused-ring (bicyclic) bond motifs is 1. The number of aryl methyl sites for hydroxylation is 3. The highest BCUT2D eigenvalue weighted by Gasteiger charge is 2.25. The Morgan fingerprint density at radius 2 is 1.88 bits per heavy atom.